The fourth-order valence-electron chi connectivity index (χ4n) is 1.86. The van der Waals surface area contributed by atoms with Crippen LogP contribution in [0.3, 0.4) is 0 Å². The predicted octanol–water partition coefficient (Wildman–Crippen LogP) is 3.70. The molecule has 0 fully saturated rings. The van der Waals surface area contributed by atoms with Crippen molar-refractivity contribution in [1.29, 1.82) is 0 Å². The van der Waals surface area contributed by atoms with Crippen molar-refractivity contribution in [3.05, 3.63) is 47.7 Å². The maximum Gasteiger partial charge on any atom is 0.416 e. The third kappa shape index (κ3) is 4.34. The lowest BCUT2D eigenvalue weighted by Crippen LogP contribution is -2.18. The number of alkyl halides is 3. The minimum absolute atomic E-state index is 0.410. The molecule has 6 heteroatoms. The van der Waals surface area contributed by atoms with E-state index in [9.17, 15) is 13.2 Å². The van der Waals surface area contributed by atoms with Crippen LogP contribution in [-0.2, 0) is 17.5 Å². The van der Waals surface area contributed by atoms with E-state index < -0.39 is 11.7 Å². The molecule has 0 atom stereocenters. The molecule has 0 saturated heterocycles. The molecule has 0 aliphatic rings. The van der Waals surface area contributed by atoms with Gasteiger partial charge in [-0.05, 0) is 24.3 Å². The molecule has 0 amide bonds. The summed E-state index contributed by atoms with van der Waals surface area (Å²) >= 11 is 0. The first-order valence-electron chi connectivity index (χ1n) is 6.46. The fraction of sp³-hybridized carbons (Fsp3) is 0.333. The molecule has 0 aliphatic heterocycles. The van der Waals surface area contributed by atoms with Gasteiger partial charge in [0.1, 0.15) is 11.5 Å². The molecule has 0 aliphatic carbocycles. The molecule has 1 aromatic carbocycles. The highest BCUT2D eigenvalue weighted by Gasteiger charge is 2.30. The van der Waals surface area contributed by atoms with Gasteiger partial charge in [0.05, 0.1) is 18.7 Å². The summed E-state index contributed by atoms with van der Waals surface area (Å²) in [5.74, 6) is 1.09. The van der Waals surface area contributed by atoms with E-state index in [4.69, 9.17) is 9.15 Å². The Labute approximate surface area is 120 Å². The fourth-order valence-corrected chi connectivity index (χ4v) is 1.86. The number of rotatable bonds is 6. The number of methoxy groups -OCH3 is 1. The third-order valence-corrected chi connectivity index (χ3v) is 2.92. The first-order valence-corrected chi connectivity index (χ1v) is 6.46. The largest absolute Gasteiger partial charge is 0.460 e. The van der Waals surface area contributed by atoms with Crippen molar-refractivity contribution in [1.82, 2.24) is 5.32 Å². The average Bonchev–Trinajstić information content (AvgIpc) is 2.92. The van der Waals surface area contributed by atoms with Gasteiger partial charge in [-0.15, -0.1) is 0 Å². The highest BCUT2D eigenvalue weighted by Crippen LogP contribution is 2.32. The zero-order valence-electron chi connectivity index (χ0n) is 11.5. The number of ether oxygens (including phenoxy) is 1. The Morgan fingerprint density at radius 2 is 2.00 bits per heavy atom. The summed E-state index contributed by atoms with van der Waals surface area (Å²) in [7, 11) is 1.61. The average molecular weight is 299 g/mol. The summed E-state index contributed by atoms with van der Waals surface area (Å²) < 4.78 is 48.5. The number of hydrogen-bond donors (Lipinski definition) is 1. The van der Waals surface area contributed by atoms with Crippen LogP contribution < -0.4 is 5.32 Å². The first kappa shape index (κ1) is 15.6. The summed E-state index contributed by atoms with van der Waals surface area (Å²) in [6, 6.07) is 8.51. The Kier molecular flexibility index (Phi) is 5.03. The van der Waals surface area contributed by atoms with Crippen molar-refractivity contribution < 1.29 is 22.3 Å². The van der Waals surface area contributed by atoms with Gasteiger partial charge in [0.2, 0.25) is 0 Å². The van der Waals surface area contributed by atoms with Gasteiger partial charge in [0, 0.05) is 19.2 Å². The standard InChI is InChI=1S/C15H16F3NO2/c1-20-8-7-19-10-13-5-6-14(21-13)11-3-2-4-12(9-11)15(16,17)18/h2-6,9,19H,7-8,10H2,1H3. The van der Waals surface area contributed by atoms with Crippen LogP contribution in [0.4, 0.5) is 13.2 Å². The highest BCUT2D eigenvalue weighted by molar-refractivity contribution is 5.58. The lowest BCUT2D eigenvalue weighted by atomic mass is 10.1. The molecule has 0 unspecified atom stereocenters. The van der Waals surface area contributed by atoms with Gasteiger partial charge in [0.15, 0.2) is 0 Å². The maximum absolute atomic E-state index is 12.7. The van der Waals surface area contributed by atoms with Crippen LogP contribution in [0.2, 0.25) is 0 Å². The smallest absolute Gasteiger partial charge is 0.416 e. The van der Waals surface area contributed by atoms with Crippen LogP contribution in [-0.4, -0.2) is 20.3 Å². The van der Waals surface area contributed by atoms with Crippen LogP contribution in [0.15, 0.2) is 40.8 Å². The molecule has 2 rings (SSSR count). The van der Waals surface area contributed by atoms with E-state index in [1.807, 2.05) is 0 Å². The lowest BCUT2D eigenvalue weighted by Gasteiger charge is -2.07. The Balaban J connectivity index is 2.07. The van der Waals surface area contributed by atoms with E-state index in [2.05, 4.69) is 5.32 Å². The Morgan fingerprint density at radius 1 is 1.19 bits per heavy atom. The summed E-state index contributed by atoms with van der Waals surface area (Å²) in [4.78, 5) is 0. The van der Waals surface area contributed by atoms with Gasteiger partial charge in [-0.3, -0.25) is 0 Å². The number of nitrogens with one attached hydrogen (secondary N) is 1. The molecule has 1 N–H and O–H groups in total. The van der Waals surface area contributed by atoms with E-state index in [1.165, 1.54) is 6.07 Å². The van der Waals surface area contributed by atoms with Gasteiger partial charge in [0.25, 0.3) is 0 Å². The molecule has 2 aromatic rings. The summed E-state index contributed by atoms with van der Waals surface area (Å²) in [6.07, 6.45) is -4.35. The number of hydrogen-bond acceptors (Lipinski definition) is 3. The lowest BCUT2D eigenvalue weighted by molar-refractivity contribution is -0.137. The zero-order valence-corrected chi connectivity index (χ0v) is 11.5. The topological polar surface area (TPSA) is 34.4 Å². The van der Waals surface area contributed by atoms with Gasteiger partial charge >= 0.3 is 6.18 Å². The molecule has 3 nitrogen and oxygen atoms in total. The molecule has 0 spiro atoms. The van der Waals surface area contributed by atoms with E-state index in [0.29, 0.717) is 36.8 Å². The van der Waals surface area contributed by atoms with Crippen LogP contribution in [0, 0.1) is 0 Å². The molecule has 1 heterocycles. The quantitative estimate of drug-likeness (QED) is 0.826. The van der Waals surface area contributed by atoms with E-state index >= 15 is 0 Å². The van der Waals surface area contributed by atoms with Crippen molar-refractivity contribution in [3.8, 4) is 11.3 Å². The zero-order chi connectivity index (χ0) is 15.3. The van der Waals surface area contributed by atoms with Gasteiger partial charge in [-0.25, -0.2) is 0 Å². The SMILES string of the molecule is COCCNCc1ccc(-c2cccc(C(F)(F)F)c2)o1. The van der Waals surface area contributed by atoms with Gasteiger partial charge in [-0.1, -0.05) is 12.1 Å². The second-order valence-corrected chi connectivity index (χ2v) is 4.51. The second kappa shape index (κ2) is 6.78. The molecule has 1 aromatic heterocycles. The molecule has 114 valence electrons. The Hall–Kier alpha value is -1.79. The van der Waals surface area contributed by atoms with E-state index in [1.54, 1.807) is 25.3 Å². The number of halogens is 3. The highest BCUT2D eigenvalue weighted by atomic mass is 19.4. The number of furan rings is 1. The van der Waals surface area contributed by atoms with Gasteiger partial charge in [-0.2, -0.15) is 13.2 Å². The van der Waals surface area contributed by atoms with Crippen LogP contribution in [0.5, 0.6) is 0 Å². The Morgan fingerprint density at radius 3 is 2.71 bits per heavy atom. The van der Waals surface area contributed by atoms with Crippen molar-refractivity contribution >= 4 is 0 Å². The van der Waals surface area contributed by atoms with Crippen molar-refractivity contribution in [2.24, 2.45) is 0 Å². The molecular weight excluding hydrogens is 283 g/mol. The Bertz CT molecular complexity index is 578. The first-order chi connectivity index (χ1) is 10.0. The van der Waals surface area contributed by atoms with Crippen molar-refractivity contribution in [3.63, 3.8) is 0 Å². The monoisotopic (exact) mass is 299 g/mol. The maximum atomic E-state index is 12.7. The minimum Gasteiger partial charge on any atom is -0.460 e. The summed E-state index contributed by atoms with van der Waals surface area (Å²) in [5, 5.41) is 3.10. The van der Waals surface area contributed by atoms with E-state index in [-0.39, 0.29) is 0 Å². The third-order valence-electron chi connectivity index (χ3n) is 2.92. The molecule has 0 radical (unpaired) electrons. The molecule has 0 saturated carbocycles. The number of benzene rings is 1. The van der Waals surface area contributed by atoms with Crippen molar-refractivity contribution in [2.45, 2.75) is 12.7 Å². The minimum atomic E-state index is -4.35. The van der Waals surface area contributed by atoms with E-state index in [0.717, 1.165) is 12.1 Å². The molecule has 21 heavy (non-hydrogen) atoms. The van der Waals surface area contributed by atoms with Gasteiger partial charge < -0.3 is 14.5 Å². The molecule has 0 bridgehead atoms. The second-order valence-electron chi connectivity index (χ2n) is 4.51. The van der Waals surface area contributed by atoms with Crippen LogP contribution in [0.1, 0.15) is 11.3 Å². The summed E-state index contributed by atoms with van der Waals surface area (Å²) in [5.41, 5.74) is -0.274. The molecular formula is C15H16F3NO2. The predicted molar refractivity (Wildman–Crippen MR) is 72.7 cm³/mol. The normalized spacial score (nSPS) is 11.8. The summed E-state index contributed by atoms with van der Waals surface area (Å²) in [6.45, 7) is 1.76. The van der Waals surface area contributed by atoms with Crippen LogP contribution in [0.25, 0.3) is 11.3 Å². The van der Waals surface area contributed by atoms with Crippen LogP contribution >= 0.6 is 0 Å². The van der Waals surface area contributed by atoms with Crippen molar-refractivity contribution in [2.75, 3.05) is 20.3 Å².